The van der Waals surface area contributed by atoms with Gasteiger partial charge in [-0.05, 0) is 40.5 Å². The minimum atomic E-state index is -0.401. The van der Waals surface area contributed by atoms with Gasteiger partial charge < -0.3 is 5.32 Å². The van der Waals surface area contributed by atoms with Crippen LogP contribution in [0.3, 0.4) is 0 Å². The highest BCUT2D eigenvalue weighted by atomic mass is 79.9. The van der Waals surface area contributed by atoms with Gasteiger partial charge in [-0.15, -0.1) is 0 Å². The van der Waals surface area contributed by atoms with Crippen molar-refractivity contribution in [3.63, 3.8) is 0 Å². The Morgan fingerprint density at radius 3 is 2.88 bits per heavy atom. The summed E-state index contributed by atoms with van der Waals surface area (Å²) >= 11 is 3.23. The molecule has 0 bridgehead atoms. The predicted octanol–water partition coefficient (Wildman–Crippen LogP) is 3.51. The SMILES string of the molecule is CCCCCNC(=O)c1cc(F)ccc1Br. The number of benzene rings is 1. The first-order valence-corrected chi connectivity index (χ1v) is 6.17. The Morgan fingerprint density at radius 2 is 2.19 bits per heavy atom. The number of nitrogens with one attached hydrogen (secondary N) is 1. The third-order valence-electron chi connectivity index (χ3n) is 2.24. The minimum Gasteiger partial charge on any atom is -0.352 e. The van der Waals surface area contributed by atoms with Gasteiger partial charge in [0.25, 0.3) is 5.91 Å². The molecule has 2 nitrogen and oxygen atoms in total. The molecule has 16 heavy (non-hydrogen) atoms. The van der Waals surface area contributed by atoms with Gasteiger partial charge in [0.15, 0.2) is 0 Å². The van der Waals surface area contributed by atoms with Gasteiger partial charge in [0, 0.05) is 11.0 Å². The third-order valence-corrected chi connectivity index (χ3v) is 2.93. The van der Waals surface area contributed by atoms with E-state index in [9.17, 15) is 9.18 Å². The van der Waals surface area contributed by atoms with E-state index in [0.29, 0.717) is 16.6 Å². The van der Waals surface area contributed by atoms with Crippen LogP contribution in [0.4, 0.5) is 4.39 Å². The standard InChI is InChI=1S/C12H15BrFNO/c1-2-3-4-7-15-12(16)10-8-9(14)5-6-11(10)13/h5-6,8H,2-4,7H2,1H3,(H,15,16). The number of carbonyl (C=O) groups excluding carboxylic acids is 1. The average molecular weight is 288 g/mol. The summed E-state index contributed by atoms with van der Waals surface area (Å²) in [6.45, 7) is 2.74. The quantitative estimate of drug-likeness (QED) is 0.825. The van der Waals surface area contributed by atoms with Gasteiger partial charge in [0.2, 0.25) is 0 Å². The smallest absolute Gasteiger partial charge is 0.252 e. The van der Waals surface area contributed by atoms with Crippen molar-refractivity contribution in [3.05, 3.63) is 34.1 Å². The lowest BCUT2D eigenvalue weighted by Crippen LogP contribution is -2.24. The van der Waals surface area contributed by atoms with Crippen molar-refractivity contribution in [3.8, 4) is 0 Å². The number of rotatable bonds is 5. The summed E-state index contributed by atoms with van der Waals surface area (Å²) in [6, 6.07) is 4.09. The minimum absolute atomic E-state index is 0.234. The molecule has 0 unspecified atom stereocenters. The summed E-state index contributed by atoms with van der Waals surface area (Å²) in [7, 11) is 0. The molecule has 0 fully saturated rings. The normalized spacial score (nSPS) is 10.2. The van der Waals surface area contributed by atoms with Gasteiger partial charge in [-0.1, -0.05) is 19.8 Å². The van der Waals surface area contributed by atoms with E-state index in [0.717, 1.165) is 19.3 Å². The highest BCUT2D eigenvalue weighted by molar-refractivity contribution is 9.10. The lowest BCUT2D eigenvalue weighted by molar-refractivity contribution is 0.0951. The van der Waals surface area contributed by atoms with Gasteiger partial charge in [0.05, 0.1) is 5.56 Å². The van der Waals surface area contributed by atoms with E-state index < -0.39 is 5.82 Å². The van der Waals surface area contributed by atoms with Gasteiger partial charge >= 0.3 is 0 Å². The molecule has 0 heterocycles. The summed E-state index contributed by atoms with van der Waals surface area (Å²) in [5.74, 6) is -0.635. The van der Waals surface area contributed by atoms with Crippen LogP contribution in [-0.2, 0) is 0 Å². The highest BCUT2D eigenvalue weighted by Crippen LogP contribution is 2.17. The number of unbranched alkanes of at least 4 members (excludes halogenated alkanes) is 2. The van der Waals surface area contributed by atoms with Crippen LogP contribution >= 0.6 is 15.9 Å². The molecule has 1 aromatic carbocycles. The first-order chi connectivity index (χ1) is 7.65. The molecule has 4 heteroatoms. The number of halogens is 2. The third kappa shape index (κ3) is 3.93. The molecule has 0 spiro atoms. The number of amides is 1. The van der Waals surface area contributed by atoms with Gasteiger partial charge in [-0.2, -0.15) is 0 Å². The Morgan fingerprint density at radius 1 is 1.44 bits per heavy atom. The second-order valence-electron chi connectivity index (χ2n) is 3.59. The van der Waals surface area contributed by atoms with Crippen LogP contribution in [0.2, 0.25) is 0 Å². The Kier molecular flexibility index (Phi) is 5.46. The van der Waals surface area contributed by atoms with Crippen LogP contribution in [0.25, 0.3) is 0 Å². The Balaban J connectivity index is 2.55. The van der Waals surface area contributed by atoms with Crippen molar-refractivity contribution in [1.29, 1.82) is 0 Å². The number of carbonyl (C=O) groups is 1. The fraction of sp³-hybridized carbons (Fsp3) is 0.417. The largest absolute Gasteiger partial charge is 0.352 e. The molecular formula is C12H15BrFNO. The zero-order valence-corrected chi connectivity index (χ0v) is 10.8. The molecule has 1 aromatic rings. The summed E-state index contributed by atoms with van der Waals surface area (Å²) in [4.78, 5) is 11.7. The Labute approximate surface area is 103 Å². The molecule has 0 saturated heterocycles. The van der Waals surface area contributed by atoms with E-state index in [1.165, 1.54) is 18.2 Å². The molecule has 0 aliphatic heterocycles. The van der Waals surface area contributed by atoms with E-state index in [-0.39, 0.29) is 5.91 Å². The van der Waals surface area contributed by atoms with E-state index in [1.807, 2.05) is 0 Å². The number of hydrogen-bond donors (Lipinski definition) is 1. The fourth-order valence-electron chi connectivity index (χ4n) is 1.34. The van der Waals surface area contributed by atoms with Gasteiger partial charge in [0.1, 0.15) is 5.82 Å². The van der Waals surface area contributed by atoms with E-state index >= 15 is 0 Å². The number of hydrogen-bond acceptors (Lipinski definition) is 1. The molecule has 0 atom stereocenters. The lowest BCUT2D eigenvalue weighted by Gasteiger charge is -2.06. The Bertz CT molecular complexity index is 368. The molecule has 0 aromatic heterocycles. The average Bonchev–Trinajstić information content (AvgIpc) is 2.27. The fourth-order valence-corrected chi connectivity index (χ4v) is 1.77. The first kappa shape index (κ1) is 13.2. The molecular weight excluding hydrogens is 273 g/mol. The maximum atomic E-state index is 12.9. The molecule has 1 N–H and O–H groups in total. The molecule has 0 aliphatic rings. The van der Waals surface area contributed by atoms with Crippen LogP contribution in [-0.4, -0.2) is 12.5 Å². The van der Waals surface area contributed by atoms with Crippen molar-refractivity contribution < 1.29 is 9.18 Å². The van der Waals surface area contributed by atoms with Crippen molar-refractivity contribution >= 4 is 21.8 Å². The second-order valence-corrected chi connectivity index (χ2v) is 4.44. The van der Waals surface area contributed by atoms with Crippen molar-refractivity contribution in [2.75, 3.05) is 6.54 Å². The van der Waals surface area contributed by atoms with Crippen LogP contribution in [0.15, 0.2) is 22.7 Å². The van der Waals surface area contributed by atoms with Crippen molar-refractivity contribution in [2.45, 2.75) is 26.2 Å². The predicted molar refractivity (Wildman–Crippen MR) is 66.0 cm³/mol. The maximum Gasteiger partial charge on any atom is 0.252 e. The summed E-state index contributed by atoms with van der Waals surface area (Å²) in [5, 5.41) is 2.77. The molecule has 0 radical (unpaired) electrons. The molecule has 0 aliphatic carbocycles. The summed E-state index contributed by atoms with van der Waals surface area (Å²) in [5.41, 5.74) is 0.344. The molecule has 1 amide bonds. The zero-order valence-electron chi connectivity index (χ0n) is 9.22. The topological polar surface area (TPSA) is 29.1 Å². The van der Waals surface area contributed by atoms with E-state index in [1.54, 1.807) is 0 Å². The highest BCUT2D eigenvalue weighted by Gasteiger charge is 2.10. The second kappa shape index (κ2) is 6.63. The van der Waals surface area contributed by atoms with Crippen molar-refractivity contribution in [2.24, 2.45) is 0 Å². The van der Waals surface area contributed by atoms with Crippen LogP contribution in [0.1, 0.15) is 36.5 Å². The van der Waals surface area contributed by atoms with Crippen LogP contribution in [0, 0.1) is 5.82 Å². The Hall–Kier alpha value is -0.900. The molecule has 0 saturated carbocycles. The van der Waals surface area contributed by atoms with Gasteiger partial charge in [-0.3, -0.25) is 4.79 Å². The molecule has 1 rings (SSSR count). The van der Waals surface area contributed by atoms with E-state index in [2.05, 4.69) is 28.2 Å². The first-order valence-electron chi connectivity index (χ1n) is 5.38. The monoisotopic (exact) mass is 287 g/mol. The van der Waals surface area contributed by atoms with Gasteiger partial charge in [-0.25, -0.2) is 4.39 Å². The zero-order chi connectivity index (χ0) is 12.0. The molecule has 88 valence electrons. The van der Waals surface area contributed by atoms with Crippen LogP contribution in [0.5, 0.6) is 0 Å². The lowest BCUT2D eigenvalue weighted by atomic mass is 10.2. The van der Waals surface area contributed by atoms with Crippen LogP contribution < -0.4 is 5.32 Å². The van der Waals surface area contributed by atoms with Crippen molar-refractivity contribution in [1.82, 2.24) is 5.32 Å². The maximum absolute atomic E-state index is 12.9. The summed E-state index contributed by atoms with van der Waals surface area (Å²) in [6.07, 6.45) is 3.15. The van der Waals surface area contributed by atoms with E-state index in [4.69, 9.17) is 0 Å². The summed E-state index contributed by atoms with van der Waals surface area (Å²) < 4.78 is 13.6.